The summed E-state index contributed by atoms with van der Waals surface area (Å²) in [7, 11) is 0. The Morgan fingerprint density at radius 3 is 2.95 bits per heavy atom. The second-order valence-corrected chi connectivity index (χ2v) is 8.00. The molecule has 1 aromatic heterocycles. The number of carboxylic acids is 1. The van der Waals surface area contributed by atoms with Crippen LogP contribution in [0.2, 0.25) is 0 Å². The van der Waals surface area contributed by atoms with Crippen LogP contribution in [-0.2, 0) is 9.59 Å². The van der Waals surface area contributed by atoms with E-state index in [4.69, 9.17) is 17.3 Å². The van der Waals surface area contributed by atoms with Crippen molar-refractivity contribution < 1.29 is 14.7 Å². The summed E-state index contributed by atoms with van der Waals surface area (Å²) in [4.78, 5) is 24.6. The van der Waals surface area contributed by atoms with Crippen molar-refractivity contribution in [3.05, 3.63) is 38.5 Å². The lowest BCUT2D eigenvalue weighted by Crippen LogP contribution is -2.33. The number of fused-ring (bicyclic) bond motifs is 1. The zero-order valence-electron chi connectivity index (χ0n) is 10.9. The molecule has 1 aliphatic heterocycles. The molecule has 1 aromatic carbocycles. The summed E-state index contributed by atoms with van der Waals surface area (Å²) in [6.07, 6.45) is 1.77. The van der Waals surface area contributed by atoms with E-state index in [1.807, 2.05) is 23.6 Å². The number of hydrogen-bond acceptors (Lipinski definition) is 5. The van der Waals surface area contributed by atoms with Crippen LogP contribution in [0.25, 0.3) is 16.2 Å². The van der Waals surface area contributed by atoms with Gasteiger partial charge in [0, 0.05) is 14.6 Å². The van der Waals surface area contributed by atoms with Crippen LogP contribution in [0.5, 0.6) is 0 Å². The summed E-state index contributed by atoms with van der Waals surface area (Å²) in [5, 5.41) is 11.9. The maximum Gasteiger partial charge on any atom is 0.323 e. The van der Waals surface area contributed by atoms with E-state index in [2.05, 4.69) is 15.9 Å². The first kappa shape index (κ1) is 15.7. The van der Waals surface area contributed by atoms with E-state index in [0.29, 0.717) is 4.91 Å². The summed E-state index contributed by atoms with van der Waals surface area (Å²) in [6, 6.07) is 5.97. The Labute approximate surface area is 147 Å². The number of carbonyl (C=O) groups is 2. The van der Waals surface area contributed by atoms with E-state index in [-0.39, 0.29) is 10.2 Å². The molecule has 0 saturated carbocycles. The third kappa shape index (κ3) is 2.96. The molecule has 112 valence electrons. The van der Waals surface area contributed by atoms with Crippen molar-refractivity contribution in [2.45, 2.75) is 0 Å². The molecule has 2 aromatic rings. The monoisotopic (exact) mass is 413 g/mol. The van der Waals surface area contributed by atoms with E-state index >= 15 is 0 Å². The van der Waals surface area contributed by atoms with Crippen LogP contribution in [0.4, 0.5) is 0 Å². The molecule has 22 heavy (non-hydrogen) atoms. The molecule has 2 heterocycles. The Bertz CT molecular complexity index is 843. The van der Waals surface area contributed by atoms with Crippen LogP contribution in [0.15, 0.2) is 33.0 Å². The van der Waals surface area contributed by atoms with Crippen molar-refractivity contribution in [3.8, 4) is 0 Å². The molecule has 1 aliphatic rings. The minimum absolute atomic E-state index is 0.277. The molecular weight excluding hydrogens is 406 g/mol. The van der Waals surface area contributed by atoms with Crippen LogP contribution in [0.3, 0.4) is 0 Å². The summed E-state index contributed by atoms with van der Waals surface area (Å²) >= 11 is 11.3. The molecule has 0 unspecified atom stereocenters. The fraction of sp³-hybridized carbons (Fsp3) is 0.0714. The molecule has 1 saturated heterocycles. The van der Waals surface area contributed by atoms with Gasteiger partial charge in [-0.05, 0) is 35.2 Å². The van der Waals surface area contributed by atoms with E-state index in [0.717, 1.165) is 36.8 Å². The van der Waals surface area contributed by atoms with E-state index in [1.54, 1.807) is 17.4 Å². The summed E-state index contributed by atoms with van der Waals surface area (Å²) in [5.41, 5.74) is 0.928. The van der Waals surface area contributed by atoms with Gasteiger partial charge < -0.3 is 5.11 Å². The van der Waals surface area contributed by atoms with Crippen LogP contribution in [-0.4, -0.2) is 32.7 Å². The highest BCUT2D eigenvalue weighted by molar-refractivity contribution is 9.10. The van der Waals surface area contributed by atoms with Gasteiger partial charge in [-0.2, -0.15) is 0 Å². The van der Waals surface area contributed by atoms with Gasteiger partial charge in [0.2, 0.25) is 0 Å². The number of hydrogen-bond donors (Lipinski definition) is 1. The van der Waals surface area contributed by atoms with Gasteiger partial charge in [0.1, 0.15) is 10.9 Å². The average molecular weight is 414 g/mol. The zero-order chi connectivity index (χ0) is 15.9. The number of carboxylic acid groups (broad SMARTS) is 1. The molecule has 1 N–H and O–H groups in total. The van der Waals surface area contributed by atoms with Gasteiger partial charge in [0.15, 0.2) is 0 Å². The van der Waals surface area contributed by atoms with Gasteiger partial charge in [-0.25, -0.2) is 0 Å². The Kier molecular flexibility index (Phi) is 4.35. The van der Waals surface area contributed by atoms with Crippen molar-refractivity contribution in [1.29, 1.82) is 0 Å². The van der Waals surface area contributed by atoms with Gasteiger partial charge in [-0.3, -0.25) is 14.5 Å². The molecule has 1 fully saturated rings. The smallest absolute Gasteiger partial charge is 0.323 e. The molecule has 8 heteroatoms. The molecule has 4 nitrogen and oxygen atoms in total. The van der Waals surface area contributed by atoms with Gasteiger partial charge in [0.05, 0.1) is 4.91 Å². The lowest BCUT2D eigenvalue weighted by atomic mass is 10.1. The quantitative estimate of drug-likeness (QED) is 0.609. The third-order valence-corrected chi connectivity index (χ3v) is 5.87. The number of benzene rings is 1. The Hall–Kier alpha value is -1.22. The maximum absolute atomic E-state index is 12.3. The fourth-order valence-corrected chi connectivity index (χ4v) is 4.55. The molecule has 0 atom stereocenters. The topological polar surface area (TPSA) is 57.6 Å². The third-order valence-electron chi connectivity index (χ3n) is 3.02. The SMILES string of the molecule is O=C(O)CN1C(=O)/C(=C\c2csc3ccc(Br)cc23)SC1=S. The first-order valence-electron chi connectivity index (χ1n) is 6.09. The van der Waals surface area contributed by atoms with Gasteiger partial charge in [-0.15, -0.1) is 11.3 Å². The summed E-state index contributed by atoms with van der Waals surface area (Å²) < 4.78 is 2.36. The van der Waals surface area contributed by atoms with Gasteiger partial charge in [-0.1, -0.05) is 39.9 Å². The minimum atomic E-state index is -1.08. The Morgan fingerprint density at radius 1 is 1.45 bits per heavy atom. The number of rotatable bonds is 3. The predicted octanol–water partition coefficient (Wildman–Crippen LogP) is 3.95. The lowest BCUT2D eigenvalue weighted by molar-refractivity contribution is -0.140. The summed E-state index contributed by atoms with van der Waals surface area (Å²) in [5.74, 6) is -1.44. The number of aliphatic carboxylic acids is 1. The molecule has 3 rings (SSSR count). The maximum atomic E-state index is 12.3. The van der Waals surface area contributed by atoms with Gasteiger partial charge >= 0.3 is 5.97 Å². The van der Waals surface area contributed by atoms with Crippen LogP contribution >= 0.6 is 51.2 Å². The van der Waals surface area contributed by atoms with E-state index in [1.165, 1.54) is 0 Å². The van der Waals surface area contributed by atoms with Crippen LogP contribution in [0, 0.1) is 0 Å². The Morgan fingerprint density at radius 2 is 2.23 bits per heavy atom. The number of thioether (sulfide) groups is 1. The lowest BCUT2D eigenvalue weighted by Gasteiger charge is -2.10. The van der Waals surface area contributed by atoms with Crippen molar-refractivity contribution in [2.75, 3.05) is 6.54 Å². The minimum Gasteiger partial charge on any atom is -0.480 e. The number of nitrogens with zero attached hydrogens (tertiary/aromatic N) is 1. The van der Waals surface area contributed by atoms with Gasteiger partial charge in [0.25, 0.3) is 5.91 Å². The fourth-order valence-electron chi connectivity index (χ4n) is 2.05. The standard InChI is InChI=1S/C14H8BrNO3S3/c15-8-1-2-10-9(4-8)7(6-21-10)3-11-13(19)16(5-12(17)18)14(20)22-11/h1-4,6H,5H2,(H,17,18)/b11-3+. The van der Waals surface area contributed by atoms with E-state index in [9.17, 15) is 9.59 Å². The van der Waals surface area contributed by atoms with E-state index < -0.39 is 12.5 Å². The number of carbonyl (C=O) groups excluding carboxylic acids is 1. The van der Waals surface area contributed by atoms with Crippen molar-refractivity contribution >= 4 is 83.6 Å². The molecule has 0 spiro atoms. The highest BCUT2D eigenvalue weighted by atomic mass is 79.9. The second kappa shape index (κ2) is 6.11. The number of amides is 1. The second-order valence-electron chi connectivity index (χ2n) is 4.49. The van der Waals surface area contributed by atoms with Crippen molar-refractivity contribution in [1.82, 2.24) is 4.90 Å². The largest absolute Gasteiger partial charge is 0.480 e. The number of thiophene rings is 1. The normalized spacial score (nSPS) is 17.0. The number of thiocarbonyl (C=S) groups is 1. The predicted molar refractivity (Wildman–Crippen MR) is 97.0 cm³/mol. The molecule has 1 amide bonds. The average Bonchev–Trinajstić information content (AvgIpc) is 2.95. The Balaban J connectivity index is 1.98. The van der Waals surface area contributed by atoms with Crippen LogP contribution in [0.1, 0.15) is 5.56 Å². The highest BCUT2D eigenvalue weighted by Crippen LogP contribution is 2.36. The zero-order valence-corrected chi connectivity index (χ0v) is 14.9. The molecular formula is C14H8BrNO3S3. The molecule has 0 aliphatic carbocycles. The molecule has 0 bridgehead atoms. The first-order chi connectivity index (χ1) is 10.5. The molecule has 0 radical (unpaired) electrons. The van der Waals surface area contributed by atoms with Crippen LogP contribution < -0.4 is 0 Å². The van der Waals surface area contributed by atoms with Crippen molar-refractivity contribution in [3.63, 3.8) is 0 Å². The number of halogens is 1. The van der Waals surface area contributed by atoms with Crippen molar-refractivity contribution in [2.24, 2.45) is 0 Å². The highest BCUT2D eigenvalue weighted by Gasteiger charge is 2.33. The summed E-state index contributed by atoms with van der Waals surface area (Å²) in [6.45, 7) is -0.405. The first-order valence-corrected chi connectivity index (χ1v) is 8.99.